The molecule has 0 aliphatic heterocycles. The van der Waals surface area contributed by atoms with Crippen molar-refractivity contribution < 1.29 is 4.79 Å². The second kappa shape index (κ2) is 6.32. The highest BCUT2D eigenvalue weighted by Gasteiger charge is 2.24. The molecule has 0 fully saturated rings. The van der Waals surface area contributed by atoms with Crippen LogP contribution < -0.4 is 5.32 Å². The van der Waals surface area contributed by atoms with Gasteiger partial charge in [-0.25, -0.2) is 0 Å². The van der Waals surface area contributed by atoms with Gasteiger partial charge in [0, 0.05) is 10.9 Å². The number of rotatable bonds is 3. The van der Waals surface area contributed by atoms with Crippen molar-refractivity contribution in [3.8, 4) is 6.07 Å². The van der Waals surface area contributed by atoms with Gasteiger partial charge in [0.25, 0.3) is 5.91 Å². The van der Waals surface area contributed by atoms with E-state index in [4.69, 9.17) is 0 Å². The van der Waals surface area contributed by atoms with E-state index in [9.17, 15) is 10.1 Å². The van der Waals surface area contributed by atoms with Crippen LogP contribution >= 0.6 is 22.7 Å². The zero-order chi connectivity index (χ0) is 17.6. The van der Waals surface area contributed by atoms with E-state index in [-0.39, 0.29) is 11.9 Å². The fourth-order valence-corrected chi connectivity index (χ4v) is 5.66. The van der Waals surface area contributed by atoms with Crippen molar-refractivity contribution in [3.63, 3.8) is 0 Å². The number of fused-ring (bicyclic) bond motifs is 2. The van der Waals surface area contributed by atoms with Gasteiger partial charge in [0.15, 0.2) is 0 Å². The van der Waals surface area contributed by atoms with Gasteiger partial charge in [-0.15, -0.1) is 22.7 Å². The minimum absolute atomic E-state index is 0.132. The van der Waals surface area contributed by atoms with Gasteiger partial charge < -0.3 is 9.88 Å². The predicted molar refractivity (Wildman–Crippen MR) is 104 cm³/mol. The SMILES string of the molecule is CC(C)n1c(C(=O)Nc2sc3c(c2C#N)CCCC3)cc2sccc21. The highest BCUT2D eigenvalue weighted by molar-refractivity contribution is 7.17. The Morgan fingerprint density at radius 1 is 1.36 bits per heavy atom. The van der Waals surface area contributed by atoms with Crippen molar-refractivity contribution in [2.24, 2.45) is 0 Å². The molecule has 3 aromatic heterocycles. The summed E-state index contributed by atoms with van der Waals surface area (Å²) in [7, 11) is 0. The number of nitrogens with one attached hydrogen (secondary N) is 1. The minimum Gasteiger partial charge on any atom is -0.333 e. The summed E-state index contributed by atoms with van der Waals surface area (Å²) in [5, 5.41) is 15.4. The molecule has 0 bridgehead atoms. The number of anilines is 1. The Hall–Kier alpha value is -2.10. The van der Waals surface area contributed by atoms with E-state index in [0.717, 1.165) is 41.5 Å². The van der Waals surface area contributed by atoms with Crippen molar-refractivity contribution >= 4 is 43.8 Å². The van der Waals surface area contributed by atoms with Crippen molar-refractivity contribution in [3.05, 3.63) is 39.2 Å². The Kier molecular flexibility index (Phi) is 4.14. The molecule has 0 aromatic carbocycles. The quantitative estimate of drug-likeness (QED) is 0.677. The average Bonchev–Trinajstić information content (AvgIpc) is 3.25. The summed E-state index contributed by atoms with van der Waals surface area (Å²) in [5.74, 6) is -0.132. The van der Waals surface area contributed by atoms with Crippen LogP contribution in [0.15, 0.2) is 17.5 Å². The van der Waals surface area contributed by atoms with Gasteiger partial charge in [-0.1, -0.05) is 0 Å². The van der Waals surface area contributed by atoms with Crippen molar-refractivity contribution in [1.82, 2.24) is 4.57 Å². The molecule has 0 unspecified atom stereocenters. The van der Waals surface area contributed by atoms with E-state index in [1.165, 1.54) is 4.88 Å². The van der Waals surface area contributed by atoms with Crippen LogP contribution in [0.2, 0.25) is 0 Å². The molecule has 0 radical (unpaired) electrons. The maximum atomic E-state index is 13.0. The molecule has 3 aromatic rings. The molecular formula is C19H19N3OS2. The zero-order valence-corrected chi connectivity index (χ0v) is 15.9. The van der Waals surface area contributed by atoms with Crippen LogP contribution in [-0.2, 0) is 12.8 Å². The number of nitrogens with zero attached hydrogens (tertiary/aromatic N) is 2. The number of carbonyl (C=O) groups excluding carboxylic acids is 1. The minimum atomic E-state index is -0.132. The largest absolute Gasteiger partial charge is 0.333 e. The first kappa shape index (κ1) is 16.4. The number of aryl methyl sites for hydroxylation is 1. The van der Waals surface area contributed by atoms with Crippen LogP contribution in [-0.4, -0.2) is 10.5 Å². The molecule has 4 nitrogen and oxygen atoms in total. The Labute approximate surface area is 154 Å². The molecule has 3 heterocycles. The van der Waals surface area contributed by atoms with Gasteiger partial charge in [-0.2, -0.15) is 5.26 Å². The summed E-state index contributed by atoms with van der Waals surface area (Å²) in [6, 6.07) is 6.51. The number of thiophene rings is 2. The Balaban J connectivity index is 1.72. The molecule has 0 saturated carbocycles. The highest BCUT2D eigenvalue weighted by atomic mass is 32.1. The van der Waals surface area contributed by atoms with E-state index in [1.54, 1.807) is 22.7 Å². The van der Waals surface area contributed by atoms with Crippen LogP contribution in [0.4, 0.5) is 5.00 Å². The van der Waals surface area contributed by atoms with Crippen LogP contribution in [0.1, 0.15) is 59.2 Å². The van der Waals surface area contributed by atoms with E-state index in [0.29, 0.717) is 16.3 Å². The molecule has 25 heavy (non-hydrogen) atoms. The van der Waals surface area contributed by atoms with E-state index in [2.05, 4.69) is 35.9 Å². The first-order chi connectivity index (χ1) is 12.1. The smallest absolute Gasteiger partial charge is 0.272 e. The number of amides is 1. The third kappa shape index (κ3) is 2.68. The number of nitriles is 1. The summed E-state index contributed by atoms with van der Waals surface area (Å²) < 4.78 is 3.19. The Morgan fingerprint density at radius 2 is 2.16 bits per heavy atom. The van der Waals surface area contributed by atoms with Gasteiger partial charge in [-0.3, -0.25) is 4.79 Å². The molecule has 1 aliphatic carbocycles. The van der Waals surface area contributed by atoms with Crippen LogP contribution in [0.25, 0.3) is 10.2 Å². The lowest BCUT2D eigenvalue weighted by atomic mass is 9.96. The lowest BCUT2D eigenvalue weighted by Gasteiger charge is -2.13. The lowest BCUT2D eigenvalue weighted by molar-refractivity contribution is 0.101. The van der Waals surface area contributed by atoms with E-state index in [1.807, 2.05) is 11.4 Å². The van der Waals surface area contributed by atoms with E-state index >= 15 is 0 Å². The molecule has 0 spiro atoms. The summed E-state index contributed by atoms with van der Waals surface area (Å²) in [6.45, 7) is 4.16. The molecule has 0 atom stereocenters. The number of aromatic nitrogens is 1. The average molecular weight is 370 g/mol. The molecule has 1 amide bonds. The van der Waals surface area contributed by atoms with Crippen molar-refractivity contribution in [1.29, 1.82) is 5.26 Å². The van der Waals surface area contributed by atoms with Crippen molar-refractivity contribution in [2.45, 2.75) is 45.6 Å². The molecular weight excluding hydrogens is 350 g/mol. The molecule has 6 heteroatoms. The molecule has 0 saturated heterocycles. The summed E-state index contributed by atoms with van der Waals surface area (Å²) in [4.78, 5) is 14.2. The monoisotopic (exact) mass is 369 g/mol. The van der Waals surface area contributed by atoms with Gasteiger partial charge in [-0.05, 0) is 62.6 Å². The van der Waals surface area contributed by atoms with Crippen molar-refractivity contribution in [2.75, 3.05) is 5.32 Å². The zero-order valence-electron chi connectivity index (χ0n) is 14.3. The predicted octanol–water partition coefficient (Wildman–Crippen LogP) is 5.35. The standard InChI is InChI=1S/C19H19N3OS2/c1-11(2)22-14-7-8-24-17(14)9-15(22)18(23)21-19-13(10-20)12-5-3-4-6-16(12)25-19/h7-9,11H,3-6H2,1-2H3,(H,21,23). The molecule has 1 aliphatic rings. The maximum absolute atomic E-state index is 13.0. The van der Waals surface area contributed by atoms with Gasteiger partial charge >= 0.3 is 0 Å². The molecule has 128 valence electrons. The number of carbonyl (C=O) groups is 1. The third-order valence-electron chi connectivity index (χ3n) is 4.72. The molecule has 4 rings (SSSR count). The summed E-state index contributed by atoms with van der Waals surface area (Å²) in [5.41, 5.74) is 3.56. The molecule has 1 N–H and O–H groups in total. The fourth-order valence-electron chi connectivity index (χ4n) is 3.62. The van der Waals surface area contributed by atoms with Crippen LogP contribution in [0, 0.1) is 11.3 Å². The lowest BCUT2D eigenvalue weighted by Crippen LogP contribution is -2.18. The fraction of sp³-hybridized carbons (Fsp3) is 0.368. The Bertz CT molecular complexity index is 1000. The second-order valence-electron chi connectivity index (χ2n) is 6.64. The number of hydrogen-bond acceptors (Lipinski definition) is 4. The van der Waals surface area contributed by atoms with E-state index < -0.39 is 0 Å². The summed E-state index contributed by atoms with van der Waals surface area (Å²) >= 11 is 3.21. The van der Waals surface area contributed by atoms with Gasteiger partial charge in [0.1, 0.15) is 16.8 Å². The Morgan fingerprint density at radius 3 is 2.92 bits per heavy atom. The second-order valence-corrected chi connectivity index (χ2v) is 8.70. The number of hydrogen-bond donors (Lipinski definition) is 1. The summed E-state index contributed by atoms with van der Waals surface area (Å²) in [6.07, 6.45) is 4.25. The van der Waals surface area contributed by atoms with Crippen LogP contribution in [0.3, 0.4) is 0 Å². The van der Waals surface area contributed by atoms with Crippen LogP contribution in [0.5, 0.6) is 0 Å². The van der Waals surface area contributed by atoms with Gasteiger partial charge in [0.05, 0.1) is 15.8 Å². The normalized spacial score (nSPS) is 13.8. The highest BCUT2D eigenvalue weighted by Crippen LogP contribution is 2.38. The first-order valence-electron chi connectivity index (χ1n) is 8.54. The topological polar surface area (TPSA) is 57.8 Å². The maximum Gasteiger partial charge on any atom is 0.272 e. The first-order valence-corrected chi connectivity index (χ1v) is 10.2. The van der Waals surface area contributed by atoms with Gasteiger partial charge in [0.2, 0.25) is 0 Å². The third-order valence-corrected chi connectivity index (χ3v) is 6.78.